The van der Waals surface area contributed by atoms with Crippen molar-refractivity contribution in [3.05, 3.63) is 71.0 Å². The second kappa shape index (κ2) is 5.94. The Bertz CT molecular complexity index is 1030. The molecule has 0 radical (unpaired) electrons. The van der Waals surface area contributed by atoms with E-state index in [2.05, 4.69) is 23.5 Å². The number of fused-ring (bicyclic) bond motifs is 1. The lowest BCUT2D eigenvalue weighted by Crippen LogP contribution is -2.72. The van der Waals surface area contributed by atoms with E-state index in [9.17, 15) is 9.18 Å². The molecule has 0 bridgehead atoms. The summed E-state index contributed by atoms with van der Waals surface area (Å²) >= 11 is 0. The summed E-state index contributed by atoms with van der Waals surface area (Å²) in [6.07, 6.45) is 8.31. The highest BCUT2D eigenvalue weighted by Crippen LogP contribution is 2.72. The van der Waals surface area contributed by atoms with Gasteiger partial charge in [-0.2, -0.15) is 0 Å². The lowest BCUT2D eigenvalue weighted by Gasteiger charge is -2.61. The highest BCUT2D eigenvalue weighted by molar-refractivity contribution is 5.88. The average molecular weight is 389 g/mol. The monoisotopic (exact) mass is 389 g/mol. The van der Waals surface area contributed by atoms with Crippen LogP contribution in [0, 0.1) is 11.7 Å². The van der Waals surface area contributed by atoms with Gasteiger partial charge in [0.25, 0.3) is 0 Å². The third kappa shape index (κ3) is 2.09. The van der Waals surface area contributed by atoms with Crippen LogP contribution in [0.3, 0.4) is 0 Å². The molecule has 4 heteroatoms. The van der Waals surface area contributed by atoms with Crippen molar-refractivity contribution in [2.75, 3.05) is 5.32 Å². The average Bonchev–Trinajstić information content (AvgIpc) is 3.18. The molecule has 6 rings (SSSR count). The zero-order valence-electron chi connectivity index (χ0n) is 16.3. The Morgan fingerprint density at radius 3 is 2.66 bits per heavy atom. The van der Waals surface area contributed by atoms with Crippen molar-refractivity contribution in [2.45, 2.75) is 55.6 Å². The highest BCUT2D eigenvalue weighted by Gasteiger charge is 2.80. The largest absolute Gasteiger partial charge is 0.453 e. The Balaban J connectivity index is 1.57. The number of ether oxygens (including phenoxy) is 1. The molecule has 2 aliphatic carbocycles. The van der Waals surface area contributed by atoms with E-state index in [0.29, 0.717) is 12.3 Å². The van der Waals surface area contributed by atoms with E-state index in [4.69, 9.17) is 4.74 Å². The van der Waals surface area contributed by atoms with E-state index in [-0.39, 0.29) is 17.8 Å². The molecular weight excluding hydrogens is 365 g/mol. The van der Waals surface area contributed by atoms with Crippen LogP contribution in [0.25, 0.3) is 6.08 Å². The van der Waals surface area contributed by atoms with E-state index in [1.54, 1.807) is 6.07 Å². The molecule has 2 aromatic carbocycles. The van der Waals surface area contributed by atoms with Crippen molar-refractivity contribution >= 4 is 17.7 Å². The lowest BCUT2D eigenvalue weighted by molar-refractivity contribution is -0.158. The third-order valence-corrected chi connectivity index (χ3v) is 7.66. The molecule has 3 fully saturated rings. The molecule has 4 aliphatic rings. The molecule has 1 saturated heterocycles. The summed E-state index contributed by atoms with van der Waals surface area (Å²) < 4.78 is 20.3. The van der Waals surface area contributed by atoms with Gasteiger partial charge in [-0.15, -0.1) is 0 Å². The maximum atomic E-state index is 14.0. The maximum Gasteiger partial charge on any atom is 0.307 e. The molecule has 2 heterocycles. The summed E-state index contributed by atoms with van der Waals surface area (Å²) in [6, 6.07) is 15.2. The van der Waals surface area contributed by atoms with Gasteiger partial charge in [-0.1, -0.05) is 55.7 Å². The second-order valence-electron chi connectivity index (χ2n) is 8.97. The van der Waals surface area contributed by atoms with E-state index >= 15 is 0 Å². The van der Waals surface area contributed by atoms with Gasteiger partial charge in [-0.3, -0.25) is 4.79 Å². The Kier molecular flexibility index (Phi) is 3.54. The molecular formula is C25H24FNO2. The van der Waals surface area contributed by atoms with Gasteiger partial charge in [0.1, 0.15) is 5.82 Å². The number of halogens is 1. The Labute approximate surface area is 170 Å². The smallest absolute Gasteiger partial charge is 0.307 e. The summed E-state index contributed by atoms with van der Waals surface area (Å²) in [5.74, 6) is -0.0706. The molecule has 29 heavy (non-hydrogen) atoms. The number of nitrogens with one attached hydrogen (secondary N) is 1. The molecule has 2 aromatic rings. The minimum absolute atomic E-state index is 0.0205. The molecule has 2 saturated carbocycles. The first-order chi connectivity index (χ1) is 14.1. The van der Waals surface area contributed by atoms with Gasteiger partial charge < -0.3 is 10.1 Å². The molecule has 0 unspecified atom stereocenters. The highest BCUT2D eigenvalue weighted by atomic mass is 19.1. The first-order valence-corrected chi connectivity index (χ1v) is 10.7. The number of rotatable bonds is 2. The van der Waals surface area contributed by atoms with E-state index in [1.165, 1.54) is 25.3 Å². The molecule has 2 aliphatic heterocycles. The molecule has 1 spiro atoms. The number of hydrogen-bond acceptors (Lipinski definition) is 3. The minimum Gasteiger partial charge on any atom is -0.453 e. The Morgan fingerprint density at radius 2 is 1.86 bits per heavy atom. The number of hydrogen-bond donors (Lipinski definition) is 1. The summed E-state index contributed by atoms with van der Waals surface area (Å²) in [5, 5.41) is 3.55. The summed E-state index contributed by atoms with van der Waals surface area (Å²) in [4.78, 5) is 12.8. The molecule has 3 atom stereocenters. The SMILES string of the molecule is O=C1C[C@]23c4ccc(F)cc4N[C@H]2/C(=C\c2ccccc2)[C@]3(C2CCCCC2)O1. The van der Waals surface area contributed by atoms with E-state index < -0.39 is 11.0 Å². The number of benzene rings is 2. The fourth-order valence-corrected chi connectivity index (χ4v) is 6.64. The van der Waals surface area contributed by atoms with Gasteiger partial charge in [0.2, 0.25) is 0 Å². The standard InChI is InChI=1S/C25H24FNO2/c26-18-11-12-19-21(14-18)27-23-20(13-16-7-3-1-4-8-16)25(17-9-5-2-6-10-17)24(19,23)15-22(28)29-25/h1,3-4,7-8,11-14,17,23,27H,2,5-6,9-10,15H2/b20-13+/t23-,24-,25-/m0/s1. The topological polar surface area (TPSA) is 38.3 Å². The first kappa shape index (κ1) is 17.3. The van der Waals surface area contributed by atoms with Gasteiger partial charge in [-0.05, 0) is 47.8 Å². The van der Waals surface area contributed by atoms with Crippen LogP contribution in [0.5, 0.6) is 0 Å². The van der Waals surface area contributed by atoms with Crippen LogP contribution in [-0.2, 0) is 14.9 Å². The number of carbonyl (C=O) groups excluding carboxylic acids is 1. The van der Waals surface area contributed by atoms with Crippen LogP contribution in [0.15, 0.2) is 54.1 Å². The predicted octanol–water partition coefficient (Wildman–Crippen LogP) is 5.22. The zero-order valence-corrected chi connectivity index (χ0v) is 16.3. The van der Waals surface area contributed by atoms with Gasteiger partial charge in [0.05, 0.1) is 17.9 Å². The van der Waals surface area contributed by atoms with E-state index in [1.807, 2.05) is 24.3 Å². The number of esters is 1. The van der Waals surface area contributed by atoms with Gasteiger partial charge >= 0.3 is 5.97 Å². The minimum atomic E-state index is -0.610. The lowest BCUT2D eigenvalue weighted by atomic mass is 9.44. The summed E-state index contributed by atoms with van der Waals surface area (Å²) in [5.41, 5.74) is 3.09. The predicted molar refractivity (Wildman–Crippen MR) is 110 cm³/mol. The normalized spacial score (nSPS) is 34.0. The van der Waals surface area contributed by atoms with Crippen molar-refractivity contribution in [3.8, 4) is 0 Å². The van der Waals surface area contributed by atoms with Crippen molar-refractivity contribution < 1.29 is 13.9 Å². The van der Waals surface area contributed by atoms with Crippen molar-refractivity contribution in [1.82, 2.24) is 0 Å². The van der Waals surface area contributed by atoms with Crippen LogP contribution in [0.2, 0.25) is 0 Å². The molecule has 0 amide bonds. The maximum absolute atomic E-state index is 14.0. The van der Waals surface area contributed by atoms with Crippen molar-refractivity contribution in [1.29, 1.82) is 0 Å². The molecule has 0 aromatic heterocycles. The van der Waals surface area contributed by atoms with Crippen LogP contribution in [0.4, 0.5) is 10.1 Å². The number of anilines is 1. The number of carbonyl (C=O) groups is 1. The van der Waals surface area contributed by atoms with Crippen LogP contribution in [-0.4, -0.2) is 17.6 Å². The van der Waals surface area contributed by atoms with Crippen LogP contribution < -0.4 is 5.32 Å². The quantitative estimate of drug-likeness (QED) is 0.716. The van der Waals surface area contributed by atoms with Crippen LogP contribution >= 0.6 is 0 Å². The summed E-state index contributed by atoms with van der Waals surface area (Å²) in [7, 11) is 0. The fourth-order valence-electron chi connectivity index (χ4n) is 6.64. The van der Waals surface area contributed by atoms with Crippen molar-refractivity contribution in [3.63, 3.8) is 0 Å². The Morgan fingerprint density at radius 1 is 1.07 bits per heavy atom. The fraction of sp³-hybridized carbons (Fsp3) is 0.400. The van der Waals surface area contributed by atoms with Gasteiger partial charge in [0, 0.05) is 11.6 Å². The van der Waals surface area contributed by atoms with Crippen LogP contribution in [0.1, 0.15) is 49.7 Å². The third-order valence-electron chi connectivity index (χ3n) is 7.66. The zero-order chi connectivity index (χ0) is 19.6. The Hall–Kier alpha value is -2.62. The van der Waals surface area contributed by atoms with E-state index in [0.717, 1.165) is 35.2 Å². The second-order valence-corrected chi connectivity index (χ2v) is 8.97. The molecule has 1 N–H and O–H groups in total. The van der Waals surface area contributed by atoms with Gasteiger partial charge in [0.15, 0.2) is 5.60 Å². The summed E-state index contributed by atoms with van der Waals surface area (Å²) in [6.45, 7) is 0. The molecule has 148 valence electrons. The van der Waals surface area contributed by atoms with Crippen molar-refractivity contribution in [2.24, 2.45) is 5.92 Å². The molecule has 3 nitrogen and oxygen atoms in total. The first-order valence-electron chi connectivity index (χ1n) is 10.7. The van der Waals surface area contributed by atoms with Gasteiger partial charge in [-0.25, -0.2) is 4.39 Å².